The van der Waals surface area contributed by atoms with E-state index in [2.05, 4.69) is 5.32 Å². The lowest BCUT2D eigenvalue weighted by molar-refractivity contribution is -0.137. The van der Waals surface area contributed by atoms with Gasteiger partial charge in [0.2, 0.25) is 5.91 Å². The lowest BCUT2D eigenvalue weighted by Crippen LogP contribution is -2.45. The number of hydrogen-bond donors (Lipinski definition) is 5. The average molecular weight is 339 g/mol. The molecule has 140 valence electrons. The highest BCUT2D eigenvalue weighted by Crippen LogP contribution is 2.19. The number of amides is 1. The van der Waals surface area contributed by atoms with Gasteiger partial charge in [0.15, 0.2) is 0 Å². The van der Waals surface area contributed by atoms with Crippen molar-refractivity contribution in [2.24, 2.45) is 5.41 Å². The maximum Gasteiger partial charge on any atom is 0.300 e. The molecule has 23 heavy (non-hydrogen) atoms. The largest absolute Gasteiger partial charge is 0.481 e. The summed E-state index contributed by atoms with van der Waals surface area (Å²) in [5, 5.41) is 36.8. The summed E-state index contributed by atoms with van der Waals surface area (Å²) in [7, 11) is 0. The minimum absolute atomic E-state index is 0.000230. The molecule has 0 aromatic carbocycles. The number of rotatable bonds is 8. The zero-order valence-electron chi connectivity index (χ0n) is 14.8. The normalized spacial score (nSPS) is 11.3. The summed E-state index contributed by atoms with van der Waals surface area (Å²) in [5.74, 6) is -1.35. The molecule has 0 spiro atoms. The van der Waals surface area contributed by atoms with Crippen molar-refractivity contribution < 1.29 is 34.8 Å². The van der Waals surface area contributed by atoms with Gasteiger partial charge in [0.05, 0.1) is 6.61 Å². The molecule has 0 saturated carbocycles. The van der Waals surface area contributed by atoms with Gasteiger partial charge in [-0.2, -0.15) is 0 Å². The van der Waals surface area contributed by atoms with Gasteiger partial charge in [-0.1, -0.05) is 13.8 Å². The molecular formula is C15H33NO7. The number of aliphatic carboxylic acids is 1. The van der Waals surface area contributed by atoms with Crippen molar-refractivity contribution in [3.05, 3.63) is 0 Å². The van der Waals surface area contributed by atoms with Crippen molar-refractivity contribution in [2.75, 3.05) is 33.0 Å². The van der Waals surface area contributed by atoms with E-state index >= 15 is 0 Å². The molecule has 0 aromatic heterocycles. The van der Waals surface area contributed by atoms with Crippen LogP contribution in [0.1, 0.15) is 41.0 Å². The molecule has 5 N–H and O–H groups in total. The third kappa shape index (κ3) is 20.8. The molecule has 0 fully saturated rings. The van der Waals surface area contributed by atoms with Crippen LogP contribution in [-0.4, -0.2) is 71.4 Å². The molecule has 0 bridgehead atoms. The molecule has 8 heteroatoms. The van der Waals surface area contributed by atoms with Gasteiger partial charge in [-0.3, -0.25) is 9.59 Å². The maximum atomic E-state index is 11.3. The van der Waals surface area contributed by atoms with Gasteiger partial charge < -0.3 is 30.5 Å². The van der Waals surface area contributed by atoms with Gasteiger partial charge in [0.25, 0.3) is 5.97 Å². The van der Waals surface area contributed by atoms with Crippen LogP contribution >= 0.6 is 0 Å². The highest BCUT2D eigenvalue weighted by Gasteiger charge is 2.32. The average Bonchev–Trinajstić information content (AvgIpc) is 2.47. The topological polar surface area (TPSA) is 136 Å². The summed E-state index contributed by atoms with van der Waals surface area (Å²) in [6.07, 6.45) is -0.774. The lowest BCUT2D eigenvalue weighted by atomic mass is 9.87. The van der Waals surface area contributed by atoms with Crippen LogP contribution in [0.4, 0.5) is 0 Å². The number of carboxylic acids is 1. The van der Waals surface area contributed by atoms with Crippen molar-refractivity contribution in [3.8, 4) is 0 Å². The quantitative estimate of drug-likeness (QED) is 0.393. The minimum Gasteiger partial charge on any atom is -0.481 e. The Bertz CT molecular complexity index is 290. The zero-order valence-corrected chi connectivity index (χ0v) is 14.8. The van der Waals surface area contributed by atoms with E-state index in [4.69, 9.17) is 24.9 Å². The first kappa shape index (κ1) is 26.7. The standard InChI is InChI=1S/C9H19NO4.C4H10O.C2H4O2/c1-9(2,6-12)7(13)8(14)10-4-3-5-11;1-3-5-4-2;1-2(3)4/h7,11-13H,3-6H2,1-2H3,(H,10,14);3-4H2,1-2H3;1H3,(H,3,4). The van der Waals surface area contributed by atoms with E-state index in [-0.39, 0.29) is 13.2 Å². The molecule has 1 amide bonds. The molecule has 0 aromatic rings. The van der Waals surface area contributed by atoms with Crippen LogP contribution in [0.5, 0.6) is 0 Å². The SMILES string of the molecule is CC(=O)O.CC(C)(CO)C(O)C(=O)NCCCO.CCOCC. The number of ether oxygens (including phenoxy) is 1. The van der Waals surface area contributed by atoms with Gasteiger partial charge in [0, 0.05) is 38.7 Å². The van der Waals surface area contributed by atoms with E-state index in [1.54, 1.807) is 13.8 Å². The number of nitrogens with one attached hydrogen (secondary N) is 1. The second-order valence-corrected chi connectivity index (χ2v) is 5.22. The molecule has 0 radical (unpaired) electrons. The molecule has 0 aliphatic carbocycles. The number of aliphatic hydroxyl groups is 3. The van der Waals surface area contributed by atoms with Crippen LogP contribution in [0.15, 0.2) is 0 Å². The van der Waals surface area contributed by atoms with Crippen LogP contribution in [-0.2, 0) is 14.3 Å². The molecule has 0 aliphatic heterocycles. The summed E-state index contributed by atoms with van der Waals surface area (Å²) >= 11 is 0. The van der Waals surface area contributed by atoms with Crippen molar-refractivity contribution in [3.63, 3.8) is 0 Å². The second-order valence-electron chi connectivity index (χ2n) is 5.22. The summed E-state index contributed by atoms with van der Waals surface area (Å²) < 4.78 is 4.83. The Hall–Kier alpha value is -1.22. The van der Waals surface area contributed by atoms with Gasteiger partial charge in [-0.25, -0.2) is 0 Å². The van der Waals surface area contributed by atoms with Crippen molar-refractivity contribution in [1.82, 2.24) is 5.32 Å². The number of carbonyl (C=O) groups is 2. The van der Waals surface area contributed by atoms with E-state index in [1.807, 2.05) is 13.8 Å². The van der Waals surface area contributed by atoms with E-state index in [0.29, 0.717) is 13.0 Å². The van der Waals surface area contributed by atoms with Crippen molar-refractivity contribution in [2.45, 2.75) is 47.1 Å². The van der Waals surface area contributed by atoms with Crippen molar-refractivity contribution >= 4 is 11.9 Å². The number of carboxylic acid groups (broad SMARTS) is 1. The van der Waals surface area contributed by atoms with Crippen LogP contribution in [0.25, 0.3) is 0 Å². The van der Waals surface area contributed by atoms with E-state index < -0.39 is 23.4 Å². The van der Waals surface area contributed by atoms with E-state index in [1.165, 1.54) is 0 Å². The molecule has 0 heterocycles. The highest BCUT2D eigenvalue weighted by atomic mass is 16.5. The monoisotopic (exact) mass is 339 g/mol. The molecule has 0 rings (SSSR count). The van der Waals surface area contributed by atoms with Gasteiger partial charge in [-0.05, 0) is 20.3 Å². The molecule has 0 saturated heterocycles. The van der Waals surface area contributed by atoms with E-state index in [0.717, 1.165) is 20.1 Å². The van der Waals surface area contributed by atoms with Gasteiger partial charge in [0.1, 0.15) is 6.10 Å². The first-order valence-electron chi connectivity index (χ1n) is 7.55. The van der Waals surface area contributed by atoms with Gasteiger partial charge >= 0.3 is 0 Å². The Morgan fingerprint density at radius 3 is 1.87 bits per heavy atom. The summed E-state index contributed by atoms with van der Waals surface area (Å²) in [6.45, 7) is 10.0. The van der Waals surface area contributed by atoms with Crippen LogP contribution in [0, 0.1) is 5.41 Å². The Morgan fingerprint density at radius 1 is 1.17 bits per heavy atom. The fraction of sp³-hybridized carbons (Fsp3) is 0.867. The highest BCUT2D eigenvalue weighted by molar-refractivity contribution is 5.81. The van der Waals surface area contributed by atoms with Crippen LogP contribution < -0.4 is 5.32 Å². The zero-order chi connectivity index (χ0) is 18.9. The molecule has 8 nitrogen and oxygen atoms in total. The summed E-state index contributed by atoms with van der Waals surface area (Å²) in [5.41, 5.74) is -0.844. The Morgan fingerprint density at radius 2 is 1.61 bits per heavy atom. The fourth-order valence-corrected chi connectivity index (χ4v) is 1.03. The lowest BCUT2D eigenvalue weighted by Gasteiger charge is -2.27. The maximum absolute atomic E-state index is 11.3. The van der Waals surface area contributed by atoms with Gasteiger partial charge in [-0.15, -0.1) is 0 Å². The summed E-state index contributed by atoms with van der Waals surface area (Å²) in [4.78, 5) is 20.3. The van der Waals surface area contributed by atoms with Crippen molar-refractivity contribution in [1.29, 1.82) is 0 Å². The number of hydrogen-bond acceptors (Lipinski definition) is 6. The Kier molecular flexibility index (Phi) is 19.9. The van der Waals surface area contributed by atoms with Crippen LogP contribution in [0.2, 0.25) is 0 Å². The molecule has 1 unspecified atom stereocenters. The third-order valence-corrected chi connectivity index (χ3v) is 2.44. The first-order chi connectivity index (χ1) is 10.6. The van der Waals surface area contributed by atoms with E-state index in [9.17, 15) is 9.90 Å². The Balaban J connectivity index is -0.000000365. The smallest absolute Gasteiger partial charge is 0.300 e. The first-order valence-corrected chi connectivity index (χ1v) is 7.55. The molecule has 0 aliphatic rings. The number of aliphatic hydroxyl groups excluding tert-OH is 3. The molecule has 1 atom stereocenters. The predicted octanol–water partition coefficient (Wildman–Crippen LogP) is -0.00190. The fourth-order valence-electron chi connectivity index (χ4n) is 1.03. The second kappa shape index (κ2) is 17.1. The van der Waals surface area contributed by atoms with Crippen LogP contribution in [0.3, 0.4) is 0 Å². The molecular weight excluding hydrogens is 306 g/mol. The minimum atomic E-state index is -1.23. The Labute approximate surface area is 138 Å². The number of carbonyl (C=O) groups excluding carboxylic acids is 1. The summed E-state index contributed by atoms with van der Waals surface area (Å²) in [6, 6.07) is 0. The predicted molar refractivity (Wildman–Crippen MR) is 87.1 cm³/mol. The third-order valence-electron chi connectivity index (χ3n) is 2.44.